The van der Waals surface area contributed by atoms with Crippen molar-refractivity contribution >= 4 is 23.4 Å². The second-order valence-electron chi connectivity index (χ2n) is 3.73. The molecule has 3 N–H and O–H groups in total. The molecule has 0 aliphatic carbocycles. The summed E-state index contributed by atoms with van der Waals surface area (Å²) in [6, 6.07) is 7.40. The zero-order valence-corrected chi connectivity index (χ0v) is 10.4. The fraction of sp³-hybridized carbons (Fsp3) is 0. The van der Waals surface area contributed by atoms with E-state index in [1.165, 1.54) is 24.3 Å². The zero-order valence-electron chi connectivity index (χ0n) is 9.56. The highest BCUT2D eigenvalue weighted by Crippen LogP contribution is 2.34. The molecule has 0 fully saturated rings. The van der Waals surface area contributed by atoms with Crippen LogP contribution < -0.4 is 5.73 Å². The molecule has 2 aromatic carbocycles. The van der Waals surface area contributed by atoms with Gasteiger partial charge in [-0.1, -0.05) is 11.8 Å². The second kappa shape index (κ2) is 5.27. The van der Waals surface area contributed by atoms with Crippen LogP contribution in [-0.4, -0.2) is 11.1 Å². The molecule has 0 spiro atoms. The van der Waals surface area contributed by atoms with Crippen molar-refractivity contribution in [3.8, 4) is 0 Å². The summed E-state index contributed by atoms with van der Waals surface area (Å²) in [4.78, 5) is 11.5. The Hall–Kier alpha value is -2.08. The number of nitrogens with two attached hydrogens (primary N) is 1. The molecule has 0 heterocycles. The molecule has 0 aliphatic rings. The Labute approximate surface area is 112 Å². The third-order valence-corrected chi connectivity index (χ3v) is 3.51. The van der Waals surface area contributed by atoms with Gasteiger partial charge in [0, 0.05) is 21.5 Å². The van der Waals surface area contributed by atoms with E-state index in [9.17, 15) is 13.6 Å². The van der Waals surface area contributed by atoms with E-state index in [-0.39, 0.29) is 16.1 Å². The fourth-order valence-corrected chi connectivity index (χ4v) is 2.29. The monoisotopic (exact) mass is 281 g/mol. The lowest BCUT2D eigenvalue weighted by atomic mass is 10.2. The van der Waals surface area contributed by atoms with Crippen molar-refractivity contribution in [2.24, 2.45) is 0 Å². The third kappa shape index (κ3) is 3.03. The molecule has 2 rings (SSSR count). The summed E-state index contributed by atoms with van der Waals surface area (Å²) in [5, 5.41) is 8.80. The van der Waals surface area contributed by atoms with Gasteiger partial charge in [0.05, 0.1) is 5.56 Å². The van der Waals surface area contributed by atoms with Gasteiger partial charge in [-0.2, -0.15) is 0 Å². The summed E-state index contributed by atoms with van der Waals surface area (Å²) in [5.74, 6) is -2.43. The number of halogens is 2. The molecule has 0 atom stereocenters. The Morgan fingerprint density at radius 2 is 1.79 bits per heavy atom. The highest BCUT2D eigenvalue weighted by molar-refractivity contribution is 7.99. The number of hydrogen-bond donors (Lipinski definition) is 2. The Morgan fingerprint density at radius 1 is 1.11 bits per heavy atom. The maximum absolute atomic E-state index is 13.5. The standard InChI is InChI=1S/C13H9F2NO2S/c14-8-2-4-11(9(15)6-8)19-12-3-1-7(13(17)18)5-10(12)16/h1-6H,16H2,(H,17,18). The molecule has 19 heavy (non-hydrogen) atoms. The van der Waals surface area contributed by atoms with E-state index in [4.69, 9.17) is 10.8 Å². The number of benzene rings is 2. The van der Waals surface area contributed by atoms with Gasteiger partial charge in [-0.05, 0) is 30.3 Å². The summed E-state index contributed by atoms with van der Waals surface area (Å²) < 4.78 is 26.2. The van der Waals surface area contributed by atoms with Crippen LogP contribution in [0.1, 0.15) is 10.4 Å². The molecule has 0 saturated heterocycles. The first-order valence-corrected chi connectivity index (χ1v) is 6.05. The Kier molecular flexibility index (Phi) is 3.71. The maximum atomic E-state index is 13.5. The van der Waals surface area contributed by atoms with Crippen LogP contribution in [0.5, 0.6) is 0 Å². The number of nitrogen functional groups attached to an aromatic ring is 1. The van der Waals surface area contributed by atoms with E-state index in [1.54, 1.807) is 0 Å². The molecule has 0 saturated carbocycles. The van der Waals surface area contributed by atoms with E-state index in [1.807, 2.05) is 0 Å². The topological polar surface area (TPSA) is 63.3 Å². The van der Waals surface area contributed by atoms with Crippen molar-refractivity contribution in [1.82, 2.24) is 0 Å². The van der Waals surface area contributed by atoms with Gasteiger partial charge in [-0.15, -0.1) is 0 Å². The van der Waals surface area contributed by atoms with Crippen molar-refractivity contribution in [1.29, 1.82) is 0 Å². The van der Waals surface area contributed by atoms with Crippen LogP contribution in [0, 0.1) is 11.6 Å². The molecule has 98 valence electrons. The van der Waals surface area contributed by atoms with Crippen LogP contribution in [0.4, 0.5) is 14.5 Å². The Balaban J connectivity index is 2.31. The molecule has 0 radical (unpaired) electrons. The van der Waals surface area contributed by atoms with E-state index in [0.29, 0.717) is 4.90 Å². The fourth-order valence-electron chi connectivity index (χ4n) is 1.45. The first-order valence-electron chi connectivity index (χ1n) is 5.23. The Bertz CT molecular complexity index is 647. The van der Waals surface area contributed by atoms with Gasteiger partial charge in [0.1, 0.15) is 11.6 Å². The van der Waals surface area contributed by atoms with Gasteiger partial charge in [-0.25, -0.2) is 13.6 Å². The normalized spacial score (nSPS) is 10.4. The minimum Gasteiger partial charge on any atom is -0.478 e. The minimum atomic E-state index is -1.09. The lowest BCUT2D eigenvalue weighted by Gasteiger charge is -2.07. The molecule has 0 bridgehead atoms. The minimum absolute atomic E-state index is 0.0569. The highest BCUT2D eigenvalue weighted by atomic mass is 32.2. The van der Waals surface area contributed by atoms with Crippen molar-refractivity contribution in [2.45, 2.75) is 9.79 Å². The van der Waals surface area contributed by atoms with Gasteiger partial charge >= 0.3 is 5.97 Å². The number of anilines is 1. The number of hydrogen-bond acceptors (Lipinski definition) is 3. The first-order chi connectivity index (χ1) is 8.97. The smallest absolute Gasteiger partial charge is 0.335 e. The second-order valence-corrected chi connectivity index (χ2v) is 4.82. The average Bonchev–Trinajstić information content (AvgIpc) is 2.34. The van der Waals surface area contributed by atoms with Crippen molar-refractivity contribution < 1.29 is 18.7 Å². The lowest BCUT2D eigenvalue weighted by Crippen LogP contribution is -1.98. The molecule has 2 aromatic rings. The van der Waals surface area contributed by atoms with Gasteiger partial charge < -0.3 is 10.8 Å². The number of aromatic carboxylic acids is 1. The van der Waals surface area contributed by atoms with Crippen molar-refractivity contribution in [3.05, 3.63) is 53.6 Å². The molecular formula is C13H9F2NO2S. The maximum Gasteiger partial charge on any atom is 0.335 e. The third-order valence-electron chi connectivity index (χ3n) is 2.37. The van der Waals surface area contributed by atoms with Gasteiger partial charge in [0.2, 0.25) is 0 Å². The summed E-state index contributed by atoms with van der Waals surface area (Å²) in [7, 11) is 0. The number of carbonyl (C=O) groups is 1. The number of carboxylic acid groups (broad SMARTS) is 1. The molecule has 0 aliphatic heterocycles. The Morgan fingerprint density at radius 3 is 2.37 bits per heavy atom. The quantitative estimate of drug-likeness (QED) is 0.846. The number of rotatable bonds is 3. The molecule has 0 aromatic heterocycles. The number of carboxylic acids is 1. The summed E-state index contributed by atoms with van der Waals surface area (Å²) in [5.41, 5.74) is 5.99. The molecule has 6 heteroatoms. The zero-order chi connectivity index (χ0) is 14.0. The predicted molar refractivity (Wildman–Crippen MR) is 68.3 cm³/mol. The highest BCUT2D eigenvalue weighted by Gasteiger charge is 2.10. The van der Waals surface area contributed by atoms with E-state index >= 15 is 0 Å². The molecular weight excluding hydrogens is 272 g/mol. The SMILES string of the molecule is Nc1cc(C(=O)O)ccc1Sc1ccc(F)cc1F. The van der Waals surface area contributed by atoms with Crippen LogP contribution in [0.15, 0.2) is 46.2 Å². The van der Waals surface area contributed by atoms with Crippen molar-refractivity contribution in [3.63, 3.8) is 0 Å². The largest absolute Gasteiger partial charge is 0.478 e. The van der Waals surface area contributed by atoms with Crippen LogP contribution in [-0.2, 0) is 0 Å². The van der Waals surface area contributed by atoms with Crippen LogP contribution >= 0.6 is 11.8 Å². The summed E-state index contributed by atoms with van der Waals surface area (Å²) in [6.07, 6.45) is 0. The molecule has 3 nitrogen and oxygen atoms in total. The van der Waals surface area contributed by atoms with Gasteiger partial charge in [0.25, 0.3) is 0 Å². The van der Waals surface area contributed by atoms with E-state index < -0.39 is 17.6 Å². The first kappa shape index (κ1) is 13.4. The summed E-state index contributed by atoms with van der Waals surface area (Å²) in [6.45, 7) is 0. The predicted octanol–water partition coefficient (Wildman–Crippen LogP) is 3.40. The van der Waals surface area contributed by atoms with Gasteiger partial charge in [-0.3, -0.25) is 0 Å². The van der Waals surface area contributed by atoms with Crippen LogP contribution in [0.2, 0.25) is 0 Å². The van der Waals surface area contributed by atoms with E-state index in [0.717, 1.165) is 23.9 Å². The summed E-state index contributed by atoms with van der Waals surface area (Å²) >= 11 is 1.01. The lowest BCUT2D eigenvalue weighted by molar-refractivity contribution is 0.0697. The van der Waals surface area contributed by atoms with E-state index in [2.05, 4.69) is 0 Å². The van der Waals surface area contributed by atoms with Crippen LogP contribution in [0.3, 0.4) is 0 Å². The van der Waals surface area contributed by atoms with Crippen molar-refractivity contribution in [2.75, 3.05) is 5.73 Å². The van der Waals surface area contributed by atoms with Crippen LogP contribution in [0.25, 0.3) is 0 Å². The van der Waals surface area contributed by atoms with Gasteiger partial charge in [0.15, 0.2) is 0 Å². The molecule has 0 unspecified atom stereocenters. The molecule has 0 amide bonds. The average molecular weight is 281 g/mol.